The van der Waals surface area contributed by atoms with Crippen molar-refractivity contribution in [3.63, 3.8) is 0 Å². The highest BCUT2D eigenvalue weighted by Gasteiger charge is 2.03. The maximum absolute atomic E-state index is 5.90. The van der Waals surface area contributed by atoms with E-state index >= 15 is 0 Å². The van der Waals surface area contributed by atoms with Crippen LogP contribution in [0.1, 0.15) is 5.69 Å². The predicted molar refractivity (Wildman–Crippen MR) is 61.2 cm³/mol. The van der Waals surface area contributed by atoms with E-state index in [9.17, 15) is 0 Å². The number of halogens is 1. The summed E-state index contributed by atoms with van der Waals surface area (Å²) in [5.41, 5.74) is 3.07. The van der Waals surface area contributed by atoms with Crippen LogP contribution in [-0.4, -0.2) is 9.97 Å². The van der Waals surface area contributed by atoms with Gasteiger partial charge >= 0.3 is 0 Å². The second-order valence-corrected chi connectivity index (χ2v) is 3.93. The summed E-state index contributed by atoms with van der Waals surface area (Å²) < 4.78 is 0.637. The summed E-state index contributed by atoms with van der Waals surface area (Å²) in [6, 6.07) is 7.67. The van der Waals surface area contributed by atoms with Crippen LogP contribution in [0.3, 0.4) is 0 Å². The Balaban J connectivity index is 2.59. The molecule has 2 nitrogen and oxygen atoms in total. The van der Waals surface area contributed by atoms with Crippen molar-refractivity contribution in [3.05, 3.63) is 39.8 Å². The maximum Gasteiger partial charge on any atom is 0.175 e. The summed E-state index contributed by atoms with van der Waals surface area (Å²) in [5, 5.41) is 0.724. The van der Waals surface area contributed by atoms with Crippen LogP contribution < -0.4 is 0 Å². The van der Waals surface area contributed by atoms with Crippen LogP contribution in [0, 0.1) is 11.7 Å². The SMILES string of the molecule is Cc1[nH]c(=S)[nH]c1-c1cccc(Cl)c1. The highest BCUT2D eigenvalue weighted by Crippen LogP contribution is 2.22. The molecule has 1 heterocycles. The zero-order valence-electron chi connectivity index (χ0n) is 7.60. The van der Waals surface area contributed by atoms with Crippen molar-refractivity contribution in [2.24, 2.45) is 0 Å². The van der Waals surface area contributed by atoms with E-state index in [1.807, 2.05) is 31.2 Å². The van der Waals surface area contributed by atoms with Crippen LogP contribution in [0.4, 0.5) is 0 Å². The van der Waals surface area contributed by atoms with E-state index in [0.29, 0.717) is 4.77 Å². The second kappa shape index (κ2) is 3.59. The smallest absolute Gasteiger partial charge is 0.175 e. The van der Waals surface area contributed by atoms with Gasteiger partial charge in [0.2, 0.25) is 0 Å². The molecule has 0 amide bonds. The highest BCUT2D eigenvalue weighted by molar-refractivity contribution is 7.71. The van der Waals surface area contributed by atoms with Gasteiger partial charge in [0.05, 0.1) is 5.69 Å². The summed E-state index contributed by atoms with van der Waals surface area (Å²) in [6.07, 6.45) is 0. The molecular formula is C10H9ClN2S. The minimum absolute atomic E-state index is 0.637. The number of aromatic amines is 2. The molecule has 0 unspecified atom stereocenters. The van der Waals surface area contributed by atoms with Crippen LogP contribution in [0.25, 0.3) is 11.3 Å². The summed E-state index contributed by atoms with van der Waals surface area (Å²) in [4.78, 5) is 6.13. The van der Waals surface area contributed by atoms with E-state index in [2.05, 4.69) is 9.97 Å². The zero-order valence-corrected chi connectivity index (χ0v) is 9.17. The highest BCUT2D eigenvalue weighted by atomic mass is 35.5. The van der Waals surface area contributed by atoms with E-state index in [1.54, 1.807) is 0 Å². The first kappa shape index (κ1) is 9.49. The molecule has 1 aromatic carbocycles. The molecule has 0 aliphatic heterocycles. The van der Waals surface area contributed by atoms with Crippen molar-refractivity contribution >= 4 is 23.8 Å². The maximum atomic E-state index is 5.90. The molecule has 0 spiro atoms. The molecule has 2 rings (SSSR count). The van der Waals surface area contributed by atoms with Crippen molar-refractivity contribution in [1.82, 2.24) is 9.97 Å². The minimum Gasteiger partial charge on any atom is -0.334 e. The molecule has 0 aliphatic rings. The monoisotopic (exact) mass is 224 g/mol. The number of hydrogen-bond acceptors (Lipinski definition) is 1. The molecule has 0 aliphatic carbocycles. The molecule has 0 atom stereocenters. The Morgan fingerprint density at radius 1 is 1.29 bits per heavy atom. The van der Waals surface area contributed by atoms with Crippen LogP contribution >= 0.6 is 23.8 Å². The fourth-order valence-corrected chi connectivity index (χ4v) is 1.85. The van der Waals surface area contributed by atoms with E-state index in [4.69, 9.17) is 23.8 Å². The largest absolute Gasteiger partial charge is 0.334 e. The minimum atomic E-state index is 0.637. The van der Waals surface area contributed by atoms with Gasteiger partial charge in [-0.1, -0.05) is 23.7 Å². The van der Waals surface area contributed by atoms with Gasteiger partial charge in [-0.2, -0.15) is 0 Å². The number of rotatable bonds is 1. The van der Waals surface area contributed by atoms with Gasteiger partial charge in [0.25, 0.3) is 0 Å². The first-order chi connectivity index (χ1) is 6.66. The lowest BCUT2D eigenvalue weighted by molar-refractivity contribution is 1.22. The third kappa shape index (κ3) is 1.74. The topological polar surface area (TPSA) is 31.6 Å². The molecule has 0 saturated carbocycles. The van der Waals surface area contributed by atoms with Gasteiger partial charge in [0.15, 0.2) is 4.77 Å². The summed E-state index contributed by atoms with van der Waals surface area (Å²) in [6.45, 7) is 1.97. The average molecular weight is 225 g/mol. The number of imidazole rings is 1. The number of benzene rings is 1. The molecule has 1 aromatic heterocycles. The summed E-state index contributed by atoms with van der Waals surface area (Å²) in [7, 11) is 0. The Morgan fingerprint density at radius 2 is 2.07 bits per heavy atom. The van der Waals surface area contributed by atoms with E-state index in [0.717, 1.165) is 22.0 Å². The summed E-state index contributed by atoms with van der Waals surface area (Å²) >= 11 is 10.9. The Bertz CT molecular complexity index is 513. The van der Waals surface area contributed by atoms with Gasteiger partial charge in [0.1, 0.15) is 0 Å². The van der Waals surface area contributed by atoms with E-state index in [-0.39, 0.29) is 0 Å². The van der Waals surface area contributed by atoms with Crippen molar-refractivity contribution in [2.75, 3.05) is 0 Å². The summed E-state index contributed by atoms with van der Waals surface area (Å²) in [5.74, 6) is 0. The van der Waals surface area contributed by atoms with Gasteiger partial charge in [-0.25, -0.2) is 0 Å². The van der Waals surface area contributed by atoms with E-state index < -0.39 is 0 Å². The molecule has 0 saturated heterocycles. The number of hydrogen-bond donors (Lipinski definition) is 2. The van der Waals surface area contributed by atoms with Crippen molar-refractivity contribution in [1.29, 1.82) is 0 Å². The third-order valence-corrected chi connectivity index (χ3v) is 2.47. The van der Waals surface area contributed by atoms with Crippen LogP contribution in [0.15, 0.2) is 24.3 Å². The number of nitrogens with one attached hydrogen (secondary N) is 2. The molecule has 0 fully saturated rings. The van der Waals surface area contributed by atoms with Gasteiger partial charge in [0, 0.05) is 16.3 Å². The molecule has 2 N–H and O–H groups in total. The van der Waals surface area contributed by atoms with Gasteiger partial charge < -0.3 is 9.97 Å². The van der Waals surface area contributed by atoms with Crippen LogP contribution in [-0.2, 0) is 0 Å². The van der Waals surface area contributed by atoms with Crippen molar-refractivity contribution in [3.8, 4) is 11.3 Å². The third-order valence-electron chi connectivity index (χ3n) is 2.03. The Labute approximate surface area is 91.9 Å². The average Bonchev–Trinajstić information content (AvgIpc) is 2.45. The van der Waals surface area contributed by atoms with E-state index in [1.165, 1.54) is 0 Å². The lowest BCUT2D eigenvalue weighted by Gasteiger charge is -1.99. The Kier molecular flexibility index (Phi) is 2.44. The Hall–Kier alpha value is -1.06. The van der Waals surface area contributed by atoms with Crippen molar-refractivity contribution < 1.29 is 0 Å². The lowest BCUT2D eigenvalue weighted by atomic mass is 10.1. The standard InChI is InChI=1S/C10H9ClN2S/c1-6-9(13-10(14)12-6)7-3-2-4-8(11)5-7/h2-5H,1H3,(H2,12,13,14). The van der Waals surface area contributed by atoms with Gasteiger partial charge in [-0.3, -0.25) is 0 Å². The lowest BCUT2D eigenvalue weighted by Crippen LogP contribution is -1.80. The van der Waals surface area contributed by atoms with Crippen molar-refractivity contribution in [2.45, 2.75) is 6.92 Å². The zero-order chi connectivity index (χ0) is 10.1. The number of aryl methyl sites for hydroxylation is 1. The fourth-order valence-electron chi connectivity index (χ4n) is 1.40. The molecule has 0 bridgehead atoms. The Morgan fingerprint density at radius 3 is 2.64 bits per heavy atom. The first-order valence-corrected chi connectivity index (χ1v) is 5.00. The quantitative estimate of drug-likeness (QED) is 0.712. The predicted octanol–water partition coefficient (Wildman–Crippen LogP) is 3.70. The van der Waals surface area contributed by atoms with Gasteiger partial charge in [-0.05, 0) is 31.3 Å². The van der Waals surface area contributed by atoms with Gasteiger partial charge in [-0.15, -0.1) is 0 Å². The van der Waals surface area contributed by atoms with Crippen LogP contribution in [0.2, 0.25) is 5.02 Å². The number of H-pyrrole nitrogens is 2. The van der Waals surface area contributed by atoms with Crippen LogP contribution in [0.5, 0.6) is 0 Å². The number of aromatic nitrogens is 2. The first-order valence-electron chi connectivity index (χ1n) is 4.21. The fraction of sp³-hybridized carbons (Fsp3) is 0.100. The molecule has 14 heavy (non-hydrogen) atoms. The second-order valence-electron chi connectivity index (χ2n) is 3.09. The normalized spacial score (nSPS) is 10.4. The molecule has 0 radical (unpaired) electrons. The molecular weight excluding hydrogens is 216 g/mol. The molecule has 4 heteroatoms. The molecule has 2 aromatic rings. The molecule has 72 valence electrons.